The van der Waals surface area contributed by atoms with Gasteiger partial charge in [0.1, 0.15) is 0 Å². The fourth-order valence-electron chi connectivity index (χ4n) is 2.58. The fraction of sp³-hybridized carbons (Fsp3) is 0.100. The van der Waals surface area contributed by atoms with E-state index in [-0.39, 0.29) is 6.04 Å². The lowest BCUT2D eigenvalue weighted by Crippen LogP contribution is -2.14. The SMILES string of the molecule is Clc1ccccc1C(Cc1ccccc1)Nc1ccccc1. The maximum atomic E-state index is 6.41. The van der Waals surface area contributed by atoms with E-state index in [0.29, 0.717) is 0 Å². The van der Waals surface area contributed by atoms with Crippen LogP contribution in [0.25, 0.3) is 0 Å². The molecule has 0 heterocycles. The molecule has 0 aliphatic heterocycles. The first-order valence-electron chi connectivity index (χ1n) is 7.43. The quantitative estimate of drug-likeness (QED) is 0.634. The molecule has 3 aromatic rings. The van der Waals surface area contributed by atoms with E-state index in [2.05, 4.69) is 47.8 Å². The average molecular weight is 308 g/mol. The monoisotopic (exact) mass is 307 g/mol. The van der Waals surface area contributed by atoms with Crippen LogP contribution in [-0.4, -0.2) is 0 Å². The summed E-state index contributed by atoms with van der Waals surface area (Å²) in [6.45, 7) is 0. The number of anilines is 1. The van der Waals surface area contributed by atoms with Crippen molar-refractivity contribution in [2.24, 2.45) is 0 Å². The van der Waals surface area contributed by atoms with E-state index in [1.165, 1.54) is 5.56 Å². The Hall–Kier alpha value is -2.25. The molecule has 0 spiro atoms. The molecule has 2 heteroatoms. The summed E-state index contributed by atoms with van der Waals surface area (Å²) in [4.78, 5) is 0. The second kappa shape index (κ2) is 7.15. The van der Waals surface area contributed by atoms with E-state index < -0.39 is 0 Å². The van der Waals surface area contributed by atoms with E-state index in [0.717, 1.165) is 22.7 Å². The molecule has 1 nitrogen and oxygen atoms in total. The lowest BCUT2D eigenvalue weighted by molar-refractivity contribution is 0.776. The van der Waals surface area contributed by atoms with Crippen molar-refractivity contribution >= 4 is 17.3 Å². The van der Waals surface area contributed by atoms with Gasteiger partial charge >= 0.3 is 0 Å². The summed E-state index contributed by atoms with van der Waals surface area (Å²) in [5, 5.41) is 4.40. The number of para-hydroxylation sites is 1. The average Bonchev–Trinajstić information content (AvgIpc) is 2.57. The molecule has 0 aliphatic rings. The lowest BCUT2D eigenvalue weighted by Gasteiger charge is -2.22. The van der Waals surface area contributed by atoms with Gasteiger partial charge in [0.25, 0.3) is 0 Å². The zero-order valence-electron chi connectivity index (χ0n) is 12.2. The van der Waals surface area contributed by atoms with Crippen LogP contribution in [0.3, 0.4) is 0 Å². The van der Waals surface area contributed by atoms with E-state index in [1.54, 1.807) is 0 Å². The molecule has 0 saturated carbocycles. The molecular weight excluding hydrogens is 290 g/mol. The Morgan fingerprint density at radius 2 is 1.32 bits per heavy atom. The minimum atomic E-state index is 0.137. The Bertz CT molecular complexity index is 669. The van der Waals surface area contributed by atoms with Crippen LogP contribution < -0.4 is 5.32 Å². The zero-order chi connectivity index (χ0) is 15.2. The maximum Gasteiger partial charge on any atom is 0.0568 e. The van der Waals surface area contributed by atoms with Crippen LogP contribution >= 0.6 is 11.6 Å². The molecule has 1 N–H and O–H groups in total. The predicted molar refractivity (Wildman–Crippen MR) is 94.4 cm³/mol. The molecule has 0 radical (unpaired) electrons. The second-order valence-corrected chi connectivity index (χ2v) is 5.68. The highest BCUT2D eigenvalue weighted by atomic mass is 35.5. The van der Waals surface area contributed by atoms with Crippen LogP contribution in [-0.2, 0) is 6.42 Å². The third-order valence-electron chi connectivity index (χ3n) is 3.68. The summed E-state index contributed by atoms with van der Waals surface area (Å²) in [6, 6.07) is 28.9. The van der Waals surface area contributed by atoms with Crippen molar-refractivity contribution in [1.29, 1.82) is 0 Å². The standard InChI is InChI=1S/C20H18ClN/c21-19-14-8-7-13-18(19)20(15-16-9-3-1-4-10-16)22-17-11-5-2-6-12-17/h1-14,20,22H,15H2. The van der Waals surface area contributed by atoms with Crippen molar-refractivity contribution in [1.82, 2.24) is 0 Å². The molecule has 110 valence electrons. The van der Waals surface area contributed by atoms with Crippen molar-refractivity contribution < 1.29 is 0 Å². The number of hydrogen-bond donors (Lipinski definition) is 1. The molecule has 0 aromatic heterocycles. The highest BCUT2D eigenvalue weighted by Crippen LogP contribution is 2.28. The Morgan fingerprint density at radius 3 is 2.00 bits per heavy atom. The van der Waals surface area contributed by atoms with Gasteiger partial charge < -0.3 is 5.32 Å². The van der Waals surface area contributed by atoms with Crippen LogP contribution in [0.1, 0.15) is 17.2 Å². The van der Waals surface area contributed by atoms with Crippen LogP contribution in [0, 0.1) is 0 Å². The molecule has 0 bridgehead atoms. The van der Waals surface area contributed by atoms with Gasteiger partial charge in [-0.05, 0) is 35.7 Å². The van der Waals surface area contributed by atoms with Gasteiger partial charge in [-0.15, -0.1) is 0 Å². The first-order chi connectivity index (χ1) is 10.8. The minimum absolute atomic E-state index is 0.137. The van der Waals surface area contributed by atoms with Gasteiger partial charge in [0.15, 0.2) is 0 Å². The predicted octanol–water partition coefficient (Wildman–Crippen LogP) is 5.74. The van der Waals surface area contributed by atoms with Crippen molar-refractivity contribution in [3.63, 3.8) is 0 Å². The molecule has 22 heavy (non-hydrogen) atoms. The van der Waals surface area contributed by atoms with Gasteiger partial charge in [-0.2, -0.15) is 0 Å². The largest absolute Gasteiger partial charge is 0.378 e. The summed E-state index contributed by atoms with van der Waals surface area (Å²) in [5.41, 5.74) is 3.51. The van der Waals surface area contributed by atoms with Crippen molar-refractivity contribution in [3.8, 4) is 0 Å². The molecule has 0 fully saturated rings. The van der Waals surface area contributed by atoms with E-state index in [4.69, 9.17) is 11.6 Å². The number of benzene rings is 3. The van der Waals surface area contributed by atoms with E-state index in [9.17, 15) is 0 Å². The summed E-state index contributed by atoms with van der Waals surface area (Å²) >= 11 is 6.41. The zero-order valence-corrected chi connectivity index (χ0v) is 13.0. The third-order valence-corrected chi connectivity index (χ3v) is 4.02. The molecule has 1 unspecified atom stereocenters. The molecule has 1 atom stereocenters. The number of hydrogen-bond acceptors (Lipinski definition) is 1. The Labute approximate surface area is 136 Å². The minimum Gasteiger partial charge on any atom is -0.378 e. The highest BCUT2D eigenvalue weighted by Gasteiger charge is 2.15. The Morgan fingerprint density at radius 1 is 0.727 bits per heavy atom. The third kappa shape index (κ3) is 3.69. The Kier molecular flexibility index (Phi) is 4.77. The van der Waals surface area contributed by atoms with Crippen LogP contribution in [0.2, 0.25) is 5.02 Å². The van der Waals surface area contributed by atoms with Crippen molar-refractivity contribution in [3.05, 3.63) is 101 Å². The van der Waals surface area contributed by atoms with E-state index >= 15 is 0 Å². The maximum absolute atomic E-state index is 6.41. The van der Waals surface area contributed by atoms with Crippen LogP contribution in [0.5, 0.6) is 0 Å². The molecule has 3 aromatic carbocycles. The van der Waals surface area contributed by atoms with Gasteiger partial charge in [-0.3, -0.25) is 0 Å². The van der Waals surface area contributed by atoms with Crippen LogP contribution in [0.4, 0.5) is 5.69 Å². The number of nitrogens with one attached hydrogen (secondary N) is 1. The summed E-state index contributed by atoms with van der Waals surface area (Å²) in [5.74, 6) is 0. The van der Waals surface area contributed by atoms with E-state index in [1.807, 2.05) is 42.5 Å². The van der Waals surface area contributed by atoms with Gasteiger partial charge in [0, 0.05) is 10.7 Å². The number of rotatable bonds is 5. The summed E-state index contributed by atoms with van der Waals surface area (Å²) in [7, 11) is 0. The van der Waals surface area contributed by atoms with Gasteiger partial charge in [-0.25, -0.2) is 0 Å². The molecule has 0 saturated heterocycles. The molecule has 0 amide bonds. The molecule has 3 rings (SSSR count). The first kappa shape index (κ1) is 14.7. The smallest absolute Gasteiger partial charge is 0.0568 e. The first-order valence-corrected chi connectivity index (χ1v) is 7.80. The second-order valence-electron chi connectivity index (χ2n) is 5.27. The fourth-order valence-corrected chi connectivity index (χ4v) is 2.85. The van der Waals surface area contributed by atoms with Crippen molar-refractivity contribution in [2.75, 3.05) is 5.32 Å². The lowest BCUT2D eigenvalue weighted by atomic mass is 9.98. The summed E-state index contributed by atoms with van der Waals surface area (Å²) in [6.07, 6.45) is 0.888. The Balaban J connectivity index is 1.90. The van der Waals surface area contributed by atoms with Crippen LogP contribution in [0.15, 0.2) is 84.9 Å². The van der Waals surface area contributed by atoms with Crippen molar-refractivity contribution in [2.45, 2.75) is 12.5 Å². The topological polar surface area (TPSA) is 12.0 Å². The van der Waals surface area contributed by atoms with Gasteiger partial charge in [0.05, 0.1) is 6.04 Å². The number of halogens is 1. The molecular formula is C20H18ClN. The van der Waals surface area contributed by atoms with Gasteiger partial charge in [-0.1, -0.05) is 78.3 Å². The molecule has 0 aliphatic carbocycles. The highest BCUT2D eigenvalue weighted by molar-refractivity contribution is 6.31. The van der Waals surface area contributed by atoms with Gasteiger partial charge in [0.2, 0.25) is 0 Å². The summed E-state index contributed by atoms with van der Waals surface area (Å²) < 4.78 is 0. The normalized spacial score (nSPS) is 11.9.